The summed E-state index contributed by atoms with van der Waals surface area (Å²) >= 11 is 0. The molecule has 1 fully saturated rings. The van der Waals surface area contributed by atoms with Crippen molar-refractivity contribution in [3.8, 4) is 0 Å². The third-order valence-electron chi connectivity index (χ3n) is 3.54. The summed E-state index contributed by atoms with van der Waals surface area (Å²) in [7, 11) is 2.30. The van der Waals surface area contributed by atoms with E-state index in [0.29, 0.717) is 6.04 Å². The standard InChI is InChI=1S/C13H27N/c1-10(2)6-9-13(12-7-8-12)14(5)11(3)4/h10-13H,6-9H2,1-5H3/t13-/m0/s1. The molecular weight excluding hydrogens is 170 g/mol. The predicted molar refractivity (Wildman–Crippen MR) is 63.5 cm³/mol. The van der Waals surface area contributed by atoms with E-state index < -0.39 is 0 Å². The first kappa shape index (κ1) is 12.0. The highest BCUT2D eigenvalue weighted by Crippen LogP contribution is 2.38. The summed E-state index contributed by atoms with van der Waals surface area (Å²) in [6, 6.07) is 1.56. The average Bonchev–Trinajstić information content (AvgIpc) is 2.87. The van der Waals surface area contributed by atoms with Crippen LogP contribution in [-0.4, -0.2) is 24.0 Å². The zero-order chi connectivity index (χ0) is 10.7. The van der Waals surface area contributed by atoms with Gasteiger partial charge in [0.2, 0.25) is 0 Å². The molecule has 1 heteroatoms. The van der Waals surface area contributed by atoms with Crippen molar-refractivity contribution >= 4 is 0 Å². The predicted octanol–water partition coefficient (Wildman–Crippen LogP) is 3.54. The highest BCUT2D eigenvalue weighted by Gasteiger charge is 2.34. The van der Waals surface area contributed by atoms with Gasteiger partial charge >= 0.3 is 0 Å². The molecule has 1 nitrogen and oxygen atoms in total. The molecule has 0 aromatic rings. The molecule has 0 spiro atoms. The lowest BCUT2D eigenvalue weighted by molar-refractivity contribution is 0.159. The largest absolute Gasteiger partial charge is 0.301 e. The number of hydrogen-bond acceptors (Lipinski definition) is 1. The summed E-state index contributed by atoms with van der Waals surface area (Å²) in [5.41, 5.74) is 0. The van der Waals surface area contributed by atoms with Crippen LogP contribution in [0.4, 0.5) is 0 Å². The van der Waals surface area contributed by atoms with Crippen molar-refractivity contribution in [2.24, 2.45) is 11.8 Å². The van der Waals surface area contributed by atoms with Crippen LogP contribution in [0, 0.1) is 11.8 Å². The first-order valence-corrected chi connectivity index (χ1v) is 6.24. The molecule has 0 N–H and O–H groups in total. The molecule has 1 aliphatic rings. The van der Waals surface area contributed by atoms with Crippen LogP contribution in [0.5, 0.6) is 0 Å². The van der Waals surface area contributed by atoms with E-state index in [1.807, 2.05) is 0 Å². The third kappa shape index (κ3) is 3.61. The minimum absolute atomic E-state index is 0.702. The molecule has 0 heterocycles. The molecule has 1 saturated carbocycles. The van der Waals surface area contributed by atoms with Gasteiger partial charge in [-0.2, -0.15) is 0 Å². The number of rotatable bonds is 6. The van der Waals surface area contributed by atoms with E-state index in [1.165, 1.54) is 25.7 Å². The van der Waals surface area contributed by atoms with Gasteiger partial charge < -0.3 is 4.90 Å². The van der Waals surface area contributed by atoms with E-state index in [0.717, 1.165) is 17.9 Å². The fraction of sp³-hybridized carbons (Fsp3) is 1.00. The fourth-order valence-electron chi connectivity index (χ4n) is 2.14. The average molecular weight is 197 g/mol. The summed E-state index contributed by atoms with van der Waals surface area (Å²) < 4.78 is 0. The summed E-state index contributed by atoms with van der Waals surface area (Å²) in [4.78, 5) is 2.58. The Balaban J connectivity index is 2.38. The summed E-state index contributed by atoms with van der Waals surface area (Å²) in [5.74, 6) is 1.87. The Morgan fingerprint density at radius 3 is 2.00 bits per heavy atom. The van der Waals surface area contributed by atoms with Crippen molar-refractivity contribution in [1.82, 2.24) is 4.90 Å². The van der Waals surface area contributed by atoms with Crippen LogP contribution < -0.4 is 0 Å². The van der Waals surface area contributed by atoms with Gasteiger partial charge in [-0.1, -0.05) is 13.8 Å². The molecule has 0 aliphatic heterocycles. The lowest BCUT2D eigenvalue weighted by Gasteiger charge is -2.32. The Morgan fingerprint density at radius 2 is 1.64 bits per heavy atom. The second-order valence-corrected chi connectivity index (χ2v) is 5.64. The highest BCUT2D eigenvalue weighted by molar-refractivity contribution is 4.88. The van der Waals surface area contributed by atoms with Gasteiger partial charge in [-0.25, -0.2) is 0 Å². The van der Waals surface area contributed by atoms with Gasteiger partial charge in [0.1, 0.15) is 0 Å². The topological polar surface area (TPSA) is 3.24 Å². The first-order valence-electron chi connectivity index (χ1n) is 6.24. The van der Waals surface area contributed by atoms with Gasteiger partial charge in [-0.15, -0.1) is 0 Å². The second kappa shape index (κ2) is 5.16. The quantitative estimate of drug-likeness (QED) is 0.629. The van der Waals surface area contributed by atoms with Crippen LogP contribution >= 0.6 is 0 Å². The maximum absolute atomic E-state index is 2.58. The van der Waals surface area contributed by atoms with Crippen LogP contribution in [0.3, 0.4) is 0 Å². The minimum Gasteiger partial charge on any atom is -0.301 e. The molecule has 1 rings (SSSR count). The number of hydrogen-bond donors (Lipinski definition) is 0. The van der Waals surface area contributed by atoms with E-state index in [9.17, 15) is 0 Å². The molecule has 1 aliphatic carbocycles. The Bertz CT molecular complexity index is 159. The summed E-state index contributed by atoms with van der Waals surface area (Å²) in [6.45, 7) is 9.29. The molecule has 0 bridgehead atoms. The lowest BCUT2D eigenvalue weighted by atomic mass is 9.98. The van der Waals surface area contributed by atoms with Gasteiger partial charge in [0.15, 0.2) is 0 Å². The van der Waals surface area contributed by atoms with Crippen molar-refractivity contribution in [1.29, 1.82) is 0 Å². The van der Waals surface area contributed by atoms with E-state index in [4.69, 9.17) is 0 Å². The van der Waals surface area contributed by atoms with E-state index in [2.05, 4.69) is 39.6 Å². The molecule has 14 heavy (non-hydrogen) atoms. The van der Waals surface area contributed by atoms with E-state index in [-0.39, 0.29) is 0 Å². The van der Waals surface area contributed by atoms with Gasteiger partial charge in [-0.3, -0.25) is 0 Å². The van der Waals surface area contributed by atoms with Gasteiger partial charge in [0.25, 0.3) is 0 Å². The van der Waals surface area contributed by atoms with Crippen LogP contribution in [0.25, 0.3) is 0 Å². The molecule has 0 radical (unpaired) electrons. The first-order chi connectivity index (χ1) is 6.52. The highest BCUT2D eigenvalue weighted by atomic mass is 15.2. The Hall–Kier alpha value is -0.0400. The summed E-state index contributed by atoms with van der Waals surface area (Å²) in [5, 5.41) is 0. The molecule has 0 unspecified atom stereocenters. The zero-order valence-corrected chi connectivity index (χ0v) is 10.6. The molecule has 0 amide bonds. The van der Waals surface area contributed by atoms with Crippen molar-refractivity contribution < 1.29 is 0 Å². The van der Waals surface area contributed by atoms with Crippen LogP contribution in [0.1, 0.15) is 53.4 Å². The van der Waals surface area contributed by atoms with Crippen molar-refractivity contribution in [2.45, 2.75) is 65.5 Å². The van der Waals surface area contributed by atoms with Crippen LogP contribution in [0.2, 0.25) is 0 Å². The molecule has 84 valence electrons. The molecular formula is C13H27N. The molecule has 0 aromatic carbocycles. The molecule has 0 aromatic heterocycles. The van der Waals surface area contributed by atoms with Gasteiger partial charge in [0.05, 0.1) is 0 Å². The maximum Gasteiger partial charge on any atom is 0.0123 e. The second-order valence-electron chi connectivity index (χ2n) is 5.64. The smallest absolute Gasteiger partial charge is 0.0123 e. The minimum atomic E-state index is 0.702. The SMILES string of the molecule is CC(C)CC[C@@H](C1CC1)N(C)C(C)C. The van der Waals surface area contributed by atoms with E-state index >= 15 is 0 Å². The van der Waals surface area contributed by atoms with E-state index in [1.54, 1.807) is 0 Å². The Morgan fingerprint density at radius 1 is 1.07 bits per heavy atom. The Labute approximate surface area is 89.9 Å². The van der Waals surface area contributed by atoms with Crippen molar-refractivity contribution in [3.63, 3.8) is 0 Å². The third-order valence-corrected chi connectivity index (χ3v) is 3.54. The summed E-state index contributed by atoms with van der Waals surface area (Å²) in [6.07, 6.45) is 5.73. The van der Waals surface area contributed by atoms with Crippen LogP contribution in [0.15, 0.2) is 0 Å². The maximum atomic E-state index is 2.58. The lowest BCUT2D eigenvalue weighted by Crippen LogP contribution is -2.38. The normalized spacial score (nSPS) is 19.7. The number of nitrogens with zero attached hydrogens (tertiary/aromatic N) is 1. The fourth-order valence-corrected chi connectivity index (χ4v) is 2.14. The van der Waals surface area contributed by atoms with Gasteiger partial charge in [-0.05, 0) is 58.4 Å². The molecule has 1 atom stereocenters. The van der Waals surface area contributed by atoms with Crippen molar-refractivity contribution in [3.05, 3.63) is 0 Å². The Kier molecular flexibility index (Phi) is 4.43. The van der Waals surface area contributed by atoms with Crippen LogP contribution in [-0.2, 0) is 0 Å². The monoisotopic (exact) mass is 197 g/mol. The zero-order valence-electron chi connectivity index (χ0n) is 10.6. The van der Waals surface area contributed by atoms with Gasteiger partial charge in [0, 0.05) is 12.1 Å². The molecule has 0 saturated heterocycles. The van der Waals surface area contributed by atoms with Crippen molar-refractivity contribution in [2.75, 3.05) is 7.05 Å².